The minimum absolute atomic E-state index is 0.465. The number of hydrogen-bond donors (Lipinski definition) is 0. The van der Waals surface area contributed by atoms with Gasteiger partial charge in [-0.25, -0.2) is 0 Å². The second-order valence-corrected chi connectivity index (χ2v) is 7.11. The van der Waals surface area contributed by atoms with Crippen LogP contribution in [0.1, 0.15) is 27.7 Å². The van der Waals surface area contributed by atoms with Gasteiger partial charge in [0.25, 0.3) is 0 Å². The van der Waals surface area contributed by atoms with Gasteiger partial charge in [0.05, 0.1) is 17.0 Å². The Bertz CT molecular complexity index is 501. The maximum atomic E-state index is 12.3. The highest BCUT2D eigenvalue weighted by molar-refractivity contribution is 7.99. The monoisotopic (exact) mass is 318 g/mol. The van der Waals surface area contributed by atoms with Gasteiger partial charge in [0.1, 0.15) is 0 Å². The summed E-state index contributed by atoms with van der Waals surface area (Å²) in [6, 6.07) is 6.88. The molecular formula is C14H18BF3O2S. The fourth-order valence-electron chi connectivity index (χ4n) is 1.90. The van der Waals surface area contributed by atoms with Gasteiger partial charge in [-0.15, -0.1) is 11.8 Å². The zero-order valence-corrected chi connectivity index (χ0v) is 13.3. The third-order valence-corrected chi connectivity index (χ3v) is 4.84. The molecule has 2 nitrogen and oxygen atoms in total. The molecule has 1 saturated heterocycles. The zero-order chi connectivity index (χ0) is 15.9. The van der Waals surface area contributed by atoms with Crippen LogP contribution in [0, 0.1) is 0 Å². The van der Waals surface area contributed by atoms with E-state index in [2.05, 4.69) is 0 Å². The highest BCUT2D eigenvalue weighted by Gasteiger charge is 2.51. The average Bonchev–Trinajstić information content (AvgIpc) is 2.56. The Balaban J connectivity index is 2.12. The van der Waals surface area contributed by atoms with E-state index < -0.39 is 30.2 Å². The Labute approximate surface area is 127 Å². The number of rotatable bonds is 3. The van der Waals surface area contributed by atoms with E-state index in [0.29, 0.717) is 4.90 Å². The van der Waals surface area contributed by atoms with Gasteiger partial charge in [-0.05, 0) is 45.3 Å². The molecule has 1 aromatic rings. The molecule has 1 aliphatic heterocycles. The summed E-state index contributed by atoms with van der Waals surface area (Å²) in [5.74, 6) is -0.903. The van der Waals surface area contributed by atoms with E-state index >= 15 is 0 Å². The first kappa shape index (κ1) is 16.7. The van der Waals surface area contributed by atoms with E-state index in [1.165, 1.54) is 0 Å². The van der Waals surface area contributed by atoms with E-state index in [4.69, 9.17) is 9.31 Å². The molecular weight excluding hydrogens is 300 g/mol. The molecule has 0 amide bonds. The van der Waals surface area contributed by atoms with E-state index in [0.717, 1.165) is 17.2 Å². The van der Waals surface area contributed by atoms with Crippen LogP contribution in [-0.4, -0.2) is 30.2 Å². The normalized spacial score (nSPS) is 20.8. The van der Waals surface area contributed by atoms with Crippen LogP contribution in [0.3, 0.4) is 0 Å². The Hall–Kier alpha value is -0.655. The molecule has 7 heteroatoms. The molecule has 0 atom stereocenters. The molecule has 0 spiro atoms. The zero-order valence-electron chi connectivity index (χ0n) is 12.5. The summed E-state index contributed by atoms with van der Waals surface area (Å²) in [5, 5.41) is 0. The quantitative estimate of drug-likeness (QED) is 0.626. The fraction of sp³-hybridized carbons (Fsp3) is 0.571. The van der Waals surface area contributed by atoms with E-state index in [1.54, 1.807) is 24.3 Å². The summed E-state index contributed by atoms with van der Waals surface area (Å²) in [6.07, 6.45) is -4.18. The molecule has 0 bridgehead atoms. The van der Waals surface area contributed by atoms with Crippen LogP contribution in [0.2, 0.25) is 0 Å². The van der Waals surface area contributed by atoms with Gasteiger partial charge in [0, 0.05) is 4.90 Å². The van der Waals surface area contributed by atoms with E-state index in [-0.39, 0.29) is 0 Å². The van der Waals surface area contributed by atoms with Gasteiger partial charge >= 0.3 is 13.3 Å². The van der Waals surface area contributed by atoms with E-state index in [9.17, 15) is 13.2 Å². The molecule has 1 heterocycles. The maximum absolute atomic E-state index is 12.3. The van der Waals surface area contributed by atoms with Crippen LogP contribution in [0.4, 0.5) is 13.2 Å². The molecule has 1 aliphatic rings. The fourth-order valence-corrected chi connectivity index (χ4v) is 2.62. The smallest absolute Gasteiger partial charge is 0.399 e. The molecule has 0 N–H and O–H groups in total. The van der Waals surface area contributed by atoms with Crippen molar-refractivity contribution in [2.45, 2.75) is 50.0 Å². The first-order valence-corrected chi connectivity index (χ1v) is 7.64. The molecule has 21 heavy (non-hydrogen) atoms. The van der Waals surface area contributed by atoms with Crippen molar-refractivity contribution < 1.29 is 22.5 Å². The number of hydrogen-bond acceptors (Lipinski definition) is 3. The van der Waals surface area contributed by atoms with Crippen molar-refractivity contribution in [3.05, 3.63) is 24.3 Å². The Morgan fingerprint density at radius 1 is 1.10 bits per heavy atom. The summed E-state index contributed by atoms with van der Waals surface area (Å²) in [4.78, 5) is 0.555. The largest absolute Gasteiger partial charge is 0.494 e. The van der Waals surface area contributed by atoms with Crippen LogP contribution in [0.5, 0.6) is 0 Å². The Morgan fingerprint density at radius 2 is 1.67 bits per heavy atom. The van der Waals surface area contributed by atoms with Gasteiger partial charge in [0.15, 0.2) is 0 Å². The summed E-state index contributed by atoms with van der Waals surface area (Å²) >= 11 is 0.764. The van der Waals surface area contributed by atoms with Crippen molar-refractivity contribution in [3.63, 3.8) is 0 Å². The van der Waals surface area contributed by atoms with Crippen molar-refractivity contribution in [2.24, 2.45) is 0 Å². The highest BCUT2D eigenvalue weighted by atomic mass is 32.2. The lowest BCUT2D eigenvalue weighted by Gasteiger charge is -2.32. The number of thioether (sulfide) groups is 1. The lowest BCUT2D eigenvalue weighted by molar-refractivity contribution is -0.105. The van der Waals surface area contributed by atoms with Gasteiger partial charge in [-0.2, -0.15) is 13.2 Å². The van der Waals surface area contributed by atoms with E-state index in [1.807, 2.05) is 27.7 Å². The molecule has 0 radical (unpaired) electrons. The van der Waals surface area contributed by atoms with Crippen LogP contribution in [0.15, 0.2) is 29.2 Å². The molecule has 1 fully saturated rings. The molecule has 0 saturated carbocycles. The number of alkyl halides is 3. The molecule has 2 rings (SSSR count). The van der Waals surface area contributed by atoms with Crippen LogP contribution < -0.4 is 5.46 Å². The standard InChI is InChI=1S/C14H18BF3O2S/c1-12(2)13(3,4)20-15(19-12)10-6-5-7-11(8-10)21-9-14(16,17)18/h5-8H,9H2,1-4H3. The molecule has 1 aromatic carbocycles. The molecule has 0 aliphatic carbocycles. The predicted molar refractivity (Wildman–Crippen MR) is 78.9 cm³/mol. The minimum Gasteiger partial charge on any atom is -0.399 e. The summed E-state index contributed by atoms with van der Waals surface area (Å²) in [6.45, 7) is 7.76. The average molecular weight is 318 g/mol. The maximum Gasteiger partial charge on any atom is 0.494 e. The van der Waals surface area contributed by atoms with Crippen molar-refractivity contribution in [1.82, 2.24) is 0 Å². The lowest BCUT2D eigenvalue weighted by Crippen LogP contribution is -2.41. The molecule has 0 aromatic heterocycles. The summed E-state index contributed by atoms with van der Waals surface area (Å²) < 4.78 is 48.6. The number of benzene rings is 1. The predicted octanol–water partition coefficient (Wildman–Crippen LogP) is 3.64. The second kappa shape index (κ2) is 5.52. The number of halogens is 3. The summed E-state index contributed by atoms with van der Waals surface area (Å²) in [7, 11) is -0.554. The van der Waals surface area contributed by atoms with Crippen LogP contribution in [0.25, 0.3) is 0 Å². The van der Waals surface area contributed by atoms with Crippen molar-refractivity contribution in [3.8, 4) is 0 Å². The first-order valence-electron chi connectivity index (χ1n) is 6.65. The van der Waals surface area contributed by atoms with Crippen molar-refractivity contribution in [1.29, 1.82) is 0 Å². The highest BCUT2D eigenvalue weighted by Crippen LogP contribution is 2.36. The third kappa shape index (κ3) is 3.96. The topological polar surface area (TPSA) is 18.5 Å². The van der Waals surface area contributed by atoms with Gasteiger partial charge in [-0.1, -0.05) is 12.1 Å². The van der Waals surface area contributed by atoms with Crippen molar-refractivity contribution >= 4 is 24.3 Å². The first-order chi connectivity index (χ1) is 9.50. The third-order valence-electron chi connectivity index (χ3n) is 3.79. The lowest BCUT2D eigenvalue weighted by atomic mass is 9.79. The van der Waals surface area contributed by atoms with Gasteiger partial charge in [0.2, 0.25) is 0 Å². The minimum atomic E-state index is -4.18. The van der Waals surface area contributed by atoms with Crippen LogP contribution in [-0.2, 0) is 9.31 Å². The Kier molecular flexibility index (Phi) is 4.39. The van der Waals surface area contributed by atoms with Gasteiger partial charge < -0.3 is 9.31 Å². The molecule has 0 unspecified atom stereocenters. The second-order valence-electron chi connectivity index (χ2n) is 6.06. The SMILES string of the molecule is CC1(C)OB(c2cccc(SCC(F)(F)F)c2)OC1(C)C. The Morgan fingerprint density at radius 3 is 2.19 bits per heavy atom. The van der Waals surface area contributed by atoms with Gasteiger partial charge in [-0.3, -0.25) is 0 Å². The molecule has 116 valence electrons. The van der Waals surface area contributed by atoms with Crippen LogP contribution >= 0.6 is 11.8 Å². The summed E-state index contributed by atoms with van der Waals surface area (Å²) in [5.41, 5.74) is -0.194. The van der Waals surface area contributed by atoms with Crippen molar-refractivity contribution in [2.75, 3.05) is 5.75 Å².